The van der Waals surface area contributed by atoms with Crippen LogP contribution in [0.2, 0.25) is 0 Å². The fourth-order valence-electron chi connectivity index (χ4n) is 1.56. The Hall–Kier alpha value is -2.08. The van der Waals surface area contributed by atoms with Crippen LogP contribution in [0.15, 0.2) is 60.7 Å². The largest absolute Gasteiger partial charge is 0.479 e. The summed E-state index contributed by atoms with van der Waals surface area (Å²) < 4.78 is 0. The Labute approximate surface area is 145 Å². The van der Waals surface area contributed by atoms with E-state index in [1.165, 1.54) is 0 Å². The molecule has 2 aromatic carbocycles. The average Bonchev–Trinajstić information content (AvgIpc) is 2.55. The minimum absolute atomic E-state index is 0. The predicted octanol–water partition coefficient (Wildman–Crippen LogP) is 1.61. The normalized spacial score (nSPS) is 11.9. The van der Waals surface area contributed by atoms with Gasteiger partial charge in [0.05, 0.1) is 0 Å². The van der Waals surface area contributed by atoms with Crippen LogP contribution in [-0.4, -0.2) is 32.4 Å². The van der Waals surface area contributed by atoms with Crippen molar-refractivity contribution in [2.24, 2.45) is 0 Å². The third-order valence-corrected chi connectivity index (χ3v) is 2.70. The van der Waals surface area contributed by atoms with Gasteiger partial charge in [0.15, 0.2) is 12.2 Å². The van der Waals surface area contributed by atoms with Gasteiger partial charge in [-0.1, -0.05) is 60.7 Å². The molecule has 6 nitrogen and oxygen atoms in total. The first-order chi connectivity index (χ1) is 10.4. The molecule has 0 bridgehead atoms. The van der Waals surface area contributed by atoms with Gasteiger partial charge in [0.1, 0.15) is 0 Å². The van der Waals surface area contributed by atoms with Crippen LogP contribution in [-0.2, 0) is 29.1 Å². The molecule has 0 saturated heterocycles. The van der Waals surface area contributed by atoms with Crippen LogP contribution in [0.1, 0.15) is 23.3 Å². The molecule has 0 spiro atoms. The summed E-state index contributed by atoms with van der Waals surface area (Å²) in [7, 11) is 0. The van der Waals surface area contributed by atoms with Gasteiger partial charge in [-0.25, -0.2) is 9.59 Å². The molecule has 4 N–H and O–H groups in total. The van der Waals surface area contributed by atoms with Gasteiger partial charge in [-0.2, -0.15) is 0 Å². The number of benzene rings is 2. The molecule has 2 atom stereocenters. The average molecular weight is 407 g/mol. The molecule has 0 aliphatic carbocycles. The van der Waals surface area contributed by atoms with Crippen LogP contribution in [0.4, 0.5) is 0 Å². The smallest absolute Gasteiger partial charge is 0.337 e. The molecule has 2 aromatic rings. The van der Waals surface area contributed by atoms with Crippen LogP contribution >= 0.6 is 0 Å². The summed E-state index contributed by atoms with van der Waals surface area (Å²) >= 11 is 0. The van der Waals surface area contributed by atoms with Gasteiger partial charge >= 0.3 is 11.9 Å². The third-order valence-electron chi connectivity index (χ3n) is 2.70. The first-order valence-electron chi connectivity index (χ1n) is 6.35. The van der Waals surface area contributed by atoms with Crippen molar-refractivity contribution >= 4 is 11.9 Å². The quantitative estimate of drug-likeness (QED) is 0.573. The minimum atomic E-state index is -1.41. The SMILES string of the molecule is O=C(O)C(O)c1ccccc1.O=C(O)C(O)c1ccccc1.[Rh]. The first-order valence-corrected chi connectivity index (χ1v) is 6.35. The Bertz CT molecular complexity index is 547. The zero-order valence-corrected chi connectivity index (χ0v) is 13.5. The number of aliphatic carboxylic acids is 2. The van der Waals surface area contributed by atoms with Crippen LogP contribution in [0.5, 0.6) is 0 Å². The fourth-order valence-corrected chi connectivity index (χ4v) is 1.56. The molecule has 0 fully saturated rings. The number of aliphatic hydroxyl groups excluding tert-OH is 2. The topological polar surface area (TPSA) is 115 Å². The number of aliphatic hydroxyl groups is 2. The predicted molar refractivity (Wildman–Crippen MR) is 78.1 cm³/mol. The number of carbonyl (C=O) groups is 2. The van der Waals surface area contributed by atoms with Crippen molar-refractivity contribution in [1.29, 1.82) is 0 Å². The molecule has 0 aliphatic rings. The molecule has 1 radical (unpaired) electrons. The van der Waals surface area contributed by atoms with Crippen LogP contribution in [0.25, 0.3) is 0 Å². The molecule has 2 unspecified atom stereocenters. The molecule has 2 rings (SSSR count). The summed E-state index contributed by atoms with van der Waals surface area (Å²) in [5.41, 5.74) is 0.806. The second-order valence-electron chi connectivity index (χ2n) is 4.30. The van der Waals surface area contributed by atoms with Crippen molar-refractivity contribution in [3.63, 3.8) is 0 Å². The number of carboxylic acid groups (broad SMARTS) is 2. The summed E-state index contributed by atoms with van der Waals surface area (Å²) in [5, 5.41) is 34.8. The molecule has 0 amide bonds. The molecule has 0 aliphatic heterocycles. The fraction of sp³-hybridized carbons (Fsp3) is 0.125. The summed E-state index contributed by atoms with van der Waals surface area (Å²) in [6.45, 7) is 0. The van der Waals surface area contributed by atoms with Crippen molar-refractivity contribution in [2.75, 3.05) is 0 Å². The van der Waals surface area contributed by atoms with E-state index in [0.717, 1.165) is 0 Å². The van der Waals surface area contributed by atoms with E-state index in [-0.39, 0.29) is 19.5 Å². The maximum absolute atomic E-state index is 10.2. The van der Waals surface area contributed by atoms with Crippen molar-refractivity contribution < 1.29 is 49.5 Å². The van der Waals surface area contributed by atoms with E-state index in [1.54, 1.807) is 60.7 Å². The number of rotatable bonds is 4. The van der Waals surface area contributed by atoms with E-state index < -0.39 is 24.1 Å². The van der Waals surface area contributed by atoms with E-state index in [4.69, 9.17) is 20.4 Å². The van der Waals surface area contributed by atoms with Gasteiger partial charge in [0, 0.05) is 19.5 Å². The van der Waals surface area contributed by atoms with Crippen LogP contribution in [0.3, 0.4) is 0 Å². The Balaban J connectivity index is 0.000000403. The summed E-state index contributed by atoms with van der Waals surface area (Å²) in [6.07, 6.45) is -2.81. The molecular formula is C16H16O6Rh. The maximum Gasteiger partial charge on any atom is 0.337 e. The second-order valence-corrected chi connectivity index (χ2v) is 4.30. The van der Waals surface area contributed by atoms with Crippen LogP contribution in [0, 0.1) is 0 Å². The van der Waals surface area contributed by atoms with E-state index in [1.807, 2.05) is 0 Å². The standard InChI is InChI=1S/2C8H8O3.Rh/c2*9-7(8(10)11)6-4-2-1-3-5-6;/h2*1-5,7,9H,(H,10,11);. The summed E-state index contributed by atoms with van der Waals surface area (Å²) in [5.74, 6) is -2.45. The Kier molecular flexibility index (Phi) is 9.66. The van der Waals surface area contributed by atoms with Crippen molar-refractivity contribution in [2.45, 2.75) is 12.2 Å². The van der Waals surface area contributed by atoms with E-state index >= 15 is 0 Å². The van der Waals surface area contributed by atoms with Gasteiger partial charge < -0.3 is 20.4 Å². The van der Waals surface area contributed by atoms with Gasteiger partial charge in [-0.15, -0.1) is 0 Å². The van der Waals surface area contributed by atoms with Crippen molar-refractivity contribution in [1.82, 2.24) is 0 Å². The van der Waals surface area contributed by atoms with Crippen molar-refractivity contribution in [3.05, 3.63) is 71.8 Å². The first kappa shape index (κ1) is 20.9. The molecule has 23 heavy (non-hydrogen) atoms. The molecular weight excluding hydrogens is 391 g/mol. The molecule has 125 valence electrons. The molecule has 0 heterocycles. The number of hydrogen-bond donors (Lipinski definition) is 4. The van der Waals surface area contributed by atoms with Gasteiger partial charge in [-0.3, -0.25) is 0 Å². The summed E-state index contributed by atoms with van der Waals surface area (Å²) in [6, 6.07) is 16.5. The van der Waals surface area contributed by atoms with E-state index in [0.29, 0.717) is 11.1 Å². The molecule has 0 saturated carbocycles. The van der Waals surface area contributed by atoms with Crippen molar-refractivity contribution in [3.8, 4) is 0 Å². The monoisotopic (exact) mass is 407 g/mol. The third kappa shape index (κ3) is 7.15. The minimum Gasteiger partial charge on any atom is -0.479 e. The zero-order chi connectivity index (χ0) is 16.5. The summed E-state index contributed by atoms with van der Waals surface area (Å²) in [4.78, 5) is 20.5. The second kappa shape index (κ2) is 10.6. The van der Waals surface area contributed by atoms with Gasteiger partial charge in [0.25, 0.3) is 0 Å². The van der Waals surface area contributed by atoms with E-state index in [9.17, 15) is 9.59 Å². The number of carboxylic acids is 2. The Morgan fingerprint density at radius 1 is 0.652 bits per heavy atom. The Morgan fingerprint density at radius 2 is 0.913 bits per heavy atom. The Morgan fingerprint density at radius 3 is 1.13 bits per heavy atom. The van der Waals surface area contributed by atoms with Crippen LogP contribution < -0.4 is 0 Å². The molecule has 0 aromatic heterocycles. The van der Waals surface area contributed by atoms with Gasteiger partial charge in [-0.05, 0) is 11.1 Å². The molecule has 7 heteroatoms. The van der Waals surface area contributed by atoms with Gasteiger partial charge in [0.2, 0.25) is 0 Å². The zero-order valence-electron chi connectivity index (χ0n) is 11.9. The number of hydrogen-bond acceptors (Lipinski definition) is 4. The maximum atomic E-state index is 10.2. The van der Waals surface area contributed by atoms with E-state index in [2.05, 4.69) is 0 Å².